The fourth-order valence-electron chi connectivity index (χ4n) is 2.72. The smallest absolute Gasteiger partial charge is 0.449 e. The lowest BCUT2D eigenvalue weighted by molar-refractivity contribution is 0.144. The molecule has 0 aliphatic carbocycles. The Morgan fingerprint density at radius 1 is 1.21 bits per heavy atom. The topological polar surface area (TPSA) is 122 Å². The van der Waals surface area contributed by atoms with Crippen LogP contribution in [0.2, 0.25) is 0 Å². The van der Waals surface area contributed by atoms with Gasteiger partial charge in [-0.3, -0.25) is 9.78 Å². The average Bonchev–Trinajstić information content (AvgIpc) is 3.15. The summed E-state index contributed by atoms with van der Waals surface area (Å²) in [4.78, 5) is 30.1. The second-order valence-electron chi connectivity index (χ2n) is 5.95. The van der Waals surface area contributed by atoms with E-state index in [2.05, 4.69) is 25.1 Å². The first kappa shape index (κ1) is 17.3. The quantitative estimate of drug-likeness (QED) is 0.457. The van der Waals surface area contributed by atoms with E-state index < -0.39 is 6.16 Å². The zero-order chi connectivity index (χ0) is 19.5. The Morgan fingerprint density at radius 3 is 2.82 bits per heavy atom. The van der Waals surface area contributed by atoms with E-state index in [0.29, 0.717) is 17.4 Å². The highest BCUT2D eigenvalue weighted by Crippen LogP contribution is 2.17. The summed E-state index contributed by atoms with van der Waals surface area (Å²) >= 11 is 0. The molecule has 0 aliphatic heterocycles. The van der Waals surface area contributed by atoms with Crippen LogP contribution in [0.25, 0.3) is 16.9 Å². The molecule has 0 aliphatic rings. The van der Waals surface area contributed by atoms with Crippen molar-refractivity contribution in [1.29, 1.82) is 0 Å². The number of hydrogen-bond acceptors (Lipinski definition) is 6. The van der Waals surface area contributed by atoms with Crippen LogP contribution in [0.1, 0.15) is 5.56 Å². The van der Waals surface area contributed by atoms with Crippen LogP contribution in [0.15, 0.2) is 65.7 Å². The van der Waals surface area contributed by atoms with Crippen LogP contribution in [0, 0.1) is 0 Å². The van der Waals surface area contributed by atoms with E-state index >= 15 is 0 Å². The summed E-state index contributed by atoms with van der Waals surface area (Å²) in [5.74, 6) is 0.179. The minimum Gasteiger partial charge on any atom is -0.449 e. The number of benzene rings is 2. The monoisotopic (exact) mass is 377 g/mol. The fraction of sp³-hybridized carbons (Fsp3) is 0.0526. The number of nitrogens with zero attached hydrogens (tertiary/aromatic N) is 3. The largest absolute Gasteiger partial charge is 0.511 e. The molecule has 0 atom stereocenters. The Kier molecular flexibility index (Phi) is 4.47. The molecule has 2 aromatic carbocycles. The number of fused-ring (bicyclic) bond motifs is 1. The molecule has 28 heavy (non-hydrogen) atoms. The second-order valence-corrected chi connectivity index (χ2v) is 5.95. The average molecular weight is 377 g/mol. The van der Waals surface area contributed by atoms with Gasteiger partial charge in [0.25, 0.3) is 5.56 Å². The molecule has 0 bridgehead atoms. The Morgan fingerprint density at radius 2 is 2.04 bits per heavy atom. The summed E-state index contributed by atoms with van der Waals surface area (Å²) in [7, 11) is 0. The van der Waals surface area contributed by atoms with Crippen molar-refractivity contribution in [3.8, 4) is 11.7 Å². The zero-order valence-electron chi connectivity index (χ0n) is 14.5. The van der Waals surface area contributed by atoms with Crippen LogP contribution in [0.5, 0.6) is 5.75 Å². The van der Waals surface area contributed by atoms with Crippen molar-refractivity contribution in [2.75, 3.05) is 5.32 Å². The van der Waals surface area contributed by atoms with Crippen molar-refractivity contribution in [2.24, 2.45) is 0 Å². The van der Waals surface area contributed by atoms with Crippen LogP contribution >= 0.6 is 0 Å². The van der Waals surface area contributed by atoms with Crippen molar-refractivity contribution in [2.45, 2.75) is 6.54 Å². The van der Waals surface area contributed by atoms with Crippen LogP contribution in [0.3, 0.4) is 0 Å². The highest BCUT2D eigenvalue weighted by Gasteiger charge is 2.10. The van der Waals surface area contributed by atoms with E-state index in [4.69, 9.17) is 5.11 Å². The van der Waals surface area contributed by atoms with Crippen LogP contribution < -0.4 is 15.6 Å². The number of aromatic amines is 1. The van der Waals surface area contributed by atoms with Gasteiger partial charge in [-0.2, -0.15) is 5.10 Å². The number of H-pyrrole nitrogens is 1. The van der Waals surface area contributed by atoms with Crippen LogP contribution in [-0.2, 0) is 6.54 Å². The molecule has 2 aromatic heterocycles. The third-order valence-electron chi connectivity index (χ3n) is 4.01. The molecule has 9 nitrogen and oxygen atoms in total. The number of ether oxygens (including phenoxy) is 1. The SMILES string of the molecule is O=C(O)Oc1cnn(-c2nc3ccc(NCc4ccccc4)cc3c(=O)[nH]2)c1. The van der Waals surface area contributed by atoms with Gasteiger partial charge in [0.1, 0.15) is 0 Å². The molecule has 0 saturated carbocycles. The summed E-state index contributed by atoms with van der Waals surface area (Å²) in [5.41, 5.74) is 2.08. The van der Waals surface area contributed by atoms with Crippen molar-refractivity contribution in [1.82, 2.24) is 19.7 Å². The molecule has 0 radical (unpaired) electrons. The maximum absolute atomic E-state index is 12.5. The molecule has 4 aromatic rings. The summed E-state index contributed by atoms with van der Waals surface area (Å²) in [6.45, 7) is 0.634. The molecule has 2 heterocycles. The van der Waals surface area contributed by atoms with Gasteiger partial charge in [0.05, 0.1) is 23.3 Å². The number of aromatic nitrogens is 4. The minimum atomic E-state index is -1.45. The van der Waals surface area contributed by atoms with Gasteiger partial charge in [-0.15, -0.1) is 0 Å². The molecular formula is C19H15N5O4. The number of carbonyl (C=O) groups is 1. The van der Waals surface area contributed by atoms with Crippen molar-refractivity contribution in [3.05, 3.63) is 76.8 Å². The summed E-state index contributed by atoms with van der Waals surface area (Å²) in [6, 6.07) is 15.2. The van der Waals surface area contributed by atoms with Crippen molar-refractivity contribution in [3.63, 3.8) is 0 Å². The minimum absolute atomic E-state index is 0.0238. The predicted octanol–water partition coefficient (Wildman–Crippen LogP) is 2.78. The Bertz CT molecular complexity index is 1200. The maximum Gasteiger partial charge on any atom is 0.511 e. The second kappa shape index (κ2) is 7.23. The summed E-state index contributed by atoms with van der Waals surface area (Å²) < 4.78 is 5.76. The molecule has 0 amide bonds. The Balaban J connectivity index is 1.60. The van der Waals surface area contributed by atoms with Crippen molar-refractivity contribution < 1.29 is 14.6 Å². The molecular weight excluding hydrogens is 362 g/mol. The highest BCUT2D eigenvalue weighted by molar-refractivity contribution is 5.81. The number of rotatable bonds is 5. The van der Waals surface area contributed by atoms with Crippen molar-refractivity contribution >= 4 is 22.7 Å². The first-order valence-corrected chi connectivity index (χ1v) is 8.36. The summed E-state index contributed by atoms with van der Waals surface area (Å²) in [5, 5.41) is 16.3. The first-order valence-electron chi connectivity index (χ1n) is 8.36. The maximum atomic E-state index is 12.5. The third kappa shape index (κ3) is 3.68. The van der Waals surface area contributed by atoms with Gasteiger partial charge in [0.15, 0.2) is 5.75 Å². The van der Waals surface area contributed by atoms with E-state index in [9.17, 15) is 9.59 Å². The molecule has 0 spiro atoms. The fourth-order valence-corrected chi connectivity index (χ4v) is 2.72. The standard InChI is InChI=1S/C19H15N5O4/c25-17-15-8-13(20-9-12-4-2-1-3-5-12)6-7-16(15)22-18(23-17)24-11-14(10-21-24)28-19(26)27/h1-8,10-11,20H,9H2,(H,26,27)(H,22,23,25). The van der Waals surface area contributed by atoms with Crippen LogP contribution in [-0.4, -0.2) is 31.0 Å². The summed E-state index contributed by atoms with van der Waals surface area (Å²) in [6.07, 6.45) is 1.08. The van der Waals surface area contributed by atoms with E-state index in [0.717, 1.165) is 11.3 Å². The number of hydrogen-bond donors (Lipinski definition) is 3. The lowest BCUT2D eigenvalue weighted by atomic mass is 10.2. The molecule has 4 rings (SSSR count). The number of nitrogens with one attached hydrogen (secondary N) is 2. The lowest BCUT2D eigenvalue weighted by Gasteiger charge is -2.08. The molecule has 0 saturated heterocycles. The normalized spacial score (nSPS) is 10.7. The van der Waals surface area contributed by atoms with E-state index in [1.54, 1.807) is 12.1 Å². The van der Waals surface area contributed by atoms with E-state index in [-0.39, 0.29) is 17.3 Å². The van der Waals surface area contributed by atoms with Gasteiger partial charge in [-0.05, 0) is 23.8 Å². The number of anilines is 1. The van der Waals surface area contributed by atoms with Gasteiger partial charge in [-0.1, -0.05) is 30.3 Å². The highest BCUT2D eigenvalue weighted by atomic mass is 16.7. The molecule has 0 unspecified atom stereocenters. The van der Waals surface area contributed by atoms with E-state index in [1.807, 2.05) is 36.4 Å². The first-order chi connectivity index (χ1) is 13.6. The molecule has 3 N–H and O–H groups in total. The van der Waals surface area contributed by atoms with E-state index in [1.165, 1.54) is 17.1 Å². The van der Waals surface area contributed by atoms with Gasteiger partial charge >= 0.3 is 6.16 Å². The Labute approximate surface area is 158 Å². The lowest BCUT2D eigenvalue weighted by Crippen LogP contribution is -2.14. The molecule has 9 heteroatoms. The van der Waals surface area contributed by atoms with Gasteiger partial charge < -0.3 is 15.2 Å². The van der Waals surface area contributed by atoms with Gasteiger partial charge in [0.2, 0.25) is 5.95 Å². The predicted molar refractivity (Wildman–Crippen MR) is 102 cm³/mol. The molecule has 0 fully saturated rings. The number of carboxylic acid groups (broad SMARTS) is 1. The third-order valence-corrected chi connectivity index (χ3v) is 4.01. The van der Waals surface area contributed by atoms with Gasteiger partial charge in [-0.25, -0.2) is 14.5 Å². The zero-order valence-corrected chi connectivity index (χ0v) is 14.5. The Hall–Kier alpha value is -4.14. The molecule has 140 valence electrons. The van der Waals surface area contributed by atoms with Crippen LogP contribution in [0.4, 0.5) is 10.5 Å². The van der Waals surface area contributed by atoms with Gasteiger partial charge in [0, 0.05) is 12.2 Å².